The van der Waals surface area contributed by atoms with Gasteiger partial charge in [0.2, 0.25) is 15.9 Å². The zero-order valence-electron chi connectivity index (χ0n) is 26.0. The molecule has 0 saturated heterocycles. The van der Waals surface area contributed by atoms with Gasteiger partial charge in [0.05, 0.1) is 10.6 Å². The van der Waals surface area contributed by atoms with Crippen molar-refractivity contribution in [3.8, 4) is 11.9 Å². The van der Waals surface area contributed by atoms with Crippen LogP contribution in [-0.2, 0) is 35.6 Å². The Morgan fingerprint density at radius 3 is 2.24 bits per heavy atom. The largest absolute Gasteiger partial charge is 0.493 e. The predicted octanol–water partition coefficient (Wildman–Crippen LogP) is 4.69. The number of ether oxygens (including phenoxy) is 2. The monoisotopic (exact) mass is 643 g/mol. The van der Waals surface area contributed by atoms with E-state index in [-0.39, 0.29) is 79.2 Å². The van der Waals surface area contributed by atoms with Crippen molar-refractivity contribution in [3.05, 3.63) is 69.5 Å². The normalized spacial score (nSPS) is 13.9. The third-order valence-corrected chi connectivity index (χ3v) is 9.34. The number of nitriles is 1. The van der Waals surface area contributed by atoms with Crippen molar-refractivity contribution >= 4 is 27.6 Å². The summed E-state index contributed by atoms with van der Waals surface area (Å²) in [4.78, 5) is 35.9. The van der Waals surface area contributed by atoms with Gasteiger partial charge >= 0.3 is 11.9 Å². The van der Waals surface area contributed by atoms with Gasteiger partial charge in [0.1, 0.15) is 24.8 Å². The first-order valence-electron chi connectivity index (χ1n) is 14.7. The summed E-state index contributed by atoms with van der Waals surface area (Å²) >= 11 is 0. The van der Waals surface area contributed by atoms with Crippen LogP contribution in [0, 0.1) is 24.2 Å². The second-order valence-electron chi connectivity index (χ2n) is 10.3. The van der Waals surface area contributed by atoms with Crippen molar-refractivity contribution in [1.82, 2.24) is 8.87 Å². The summed E-state index contributed by atoms with van der Waals surface area (Å²) in [6.07, 6.45) is 8.63. The van der Waals surface area contributed by atoms with E-state index < -0.39 is 27.5 Å². The van der Waals surface area contributed by atoms with E-state index in [1.807, 2.05) is 13.0 Å². The van der Waals surface area contributed by atoms with Gasteiger partial charge in [-0.25, -0.2) is 18.0 Å². The number of hydrogen-bond acceptors (Lipinski definition) is 11. The summed E-state index contributed by atoms with van der Waals surface area (Å²) in [7, 11) is -4.05. The molecule has 0 aromatic carbocycles. The number of hydrogen-bond donors (Lipinski definition) is 1. The highest BCUT2D eigenvalue weighted by molar-refractivity contribution is 7.93. The number of sulfonamides is 1. The molecule has 244 valence electrons. The Morgan fingerprint density at radius 1 is 1.13 bits per heavy atom. The van der Waals surface area contributed by atoms with E-state index in [0.717, 1.165) is 42.1 Å². The van der Waals surface area contributed by atoms with Crippen molar-refractivity contribution in [2.75, 3.05) is 26.3 Å². The molecule has 45 heavy (non-hydrogen) atoms. The Hall–Kier alpha value is -4.35. The quantitative estimate of drug-likeness (QED) is 0.135. The van der Waals surface area contributed by atoms with E-state index in [4.69, 9.17) is 9.47 Å². The SMILES string of the molecule is C=CC(=O)OCCN(CCOC(=O)C=C)S(=O)(=O)C1=CC=C(/N=N/c2c(C)c(C#N)c(=O)n(CC(CC)CCCC)c2O)CC1. The topological polar surface area (TPSA) is 181 Å². The molecule has 1 heterocycles. The lowest BCUT2D eigenvalue weighted by molar-refractivity contribution is -0.137. The maximum Gasteiger partial charge on any atom is 0.330 e. The van der Waals surface area contributed by atoms with E-state index in [0.29, 0.717) is 5.70 Å². The van der Waals surface area contributed by atoms with Crippen molar-refractivity contribution in [3.63, 3.8) is 0 Å². The lowest BCUT2D eigenvalue weighted by atomic mass is 9.99. The highest BCUT2D eigenvalue weighted by atomic mass is 32.2. The number of rotatable bonds is 18. The summed E-state index contributed by atoms with van der Waals surface area (Å²) < 4.78 is 38.9. The van der Waals surface area contributed by atoms with Crippen LogP contribution in [-0.4, -0.2) is 60.6 Å². The molecule has 1 unspecified atom stereocenters. The molecule has 1 aromatic heterocycles. The first-order valence-corrected chi connectivity index (χ1v) is 16.1. The van der Waals surface area contributed by atoms with Crippen LogP contribution in [0.4, 0.5) is 5.69 Å². The van der Waals surface area contributed by atoms with Crippen LogP contribution in [0.3, 0.4) is 0 Å². The highest BCUT2D eigenvalue weighted by Crippen LogP contribution is 2.34. The Balaban J connectivity index is 2.35. The first-order chi connectivity index (χ1) is 21.4. The average Bonchev–Trinajstić information content (AvgIpc) is 3.03. The molecular formula is C31H41N5O8S. The maximum absolute atomic E-state index is 13.4. The Labute approximate surface area is 263 Å². The van der Waals surface area contributed by atoms with Gasteiger partial charge in [0.15, 0.2) is 5.69 Å². The molecule has 13 nitrogen and oxygen atoms in total. The van der Waals surface area contributed by atoms with E-state index >= 15 is 0 Å². The standard InChI is InChI=1S/C31H41N5O8S/c1-6-10-11-23(7-2)21-36-30(39)26(20-32)22(5)29(31(36)40)34-33-24-12-14-25(15-13-24)45(41,42)35(16-18-43-27(37)8-3)17-19-44-28(38)9-4/h8-9,12,14,23,40H,3-4,6-7,10-11,13,15-19,21H2,1-2,5H3/b34-33+. The third-order valence-electron chi connectivity index (χ3n) is 7.29. The minimum atomic E-state index is -4.05. The van der Waals surface area contributed by atoms with E-state index in [2.05, 4.69) is 30.3 Å². The number of azo groups is 1. The van der Waals surface area contributed by atoms with Crippen LogP contribution < -0.4 is 5.56 Å². The van der Waals surface area contributed by atoms with Gasteiger partial charge in [-0.3, -0.25) is 9.36 Å². The van der Waals surface area contributed by atoms with Gasteiger partial charge in [0.25, 0.3) is 5.56 Å². The molecule has 0 amide bonds. The Bertz CT molecular complexity index is 1540. The van der Waals surface area contributed by atoms with Gasteiger partial charge in [-0.05, 0) is 44.3 Å². The summed E-state index contributed by atoms with van der Waals surface area (Å²) in [5, 5.41) is 29.1. The molecule has 1 aromatic rings. The van der Waals surface area contributed by atoms with Gasteiger partial charge in [-0.2, -0.15) is 14.7 Å². The van der Waals surface area contributed by atoms with Crippen LogP contribution in [0.15, 0.2) is 63.1 Å². The summed E-state index contributed by atoms with van der Waals surface area (Å²) in [6.45, 7) is 11.6. The summed E-state index contributed by atoms with van der Waals surface area (Å²) in [6, 6.07) is 1.92. The van der Waals surface area contributed by atoms with Crippen LogP contribution in [0.2, 0.25) is 0 Å². The second-order valence-corrected chi connectivity index (χ2v) is 12.2. The molecule has 14 heteroatoms. The third kappa shape index (κ3) is 10.1. The number of allylic oxidation sites excluding steroid dienone is 4. The molecule has 1 N–H and O–H groups in total. The fraction of sp³-hybridized carbons (Fsp3) is 0.484. The van der Waals surface area contributed by atoms with Crippen molar-refractivity contribution in [1.29, 1.82) is 5.26 Å². The maximum atomic E-state index is 13.4. The number of pyridine rings is 1. The number of aromatic nitrogens is 1. The summed E-state index contributed by atoms with van der Waals surface area (Å²) in [5.74, 6) is -1.67. The molecule has 1 atom stereocenters. The molecule has 2 rings (SSSR count). The average molecular weight is 644 g/mol. The molecule has 1 aliphatic carbocycles. The number of esters is 2. The molecule has 1 aliphatic rings. The van der Waals surface area contributed by atoms with Gasteiger partial charge < -0.3 is 14.6 Å². The van der Waals surface area contributed by atoms with Gasteiger partial charge in [-0.1, -0.05) is 46.3 Å². The van der Waals surface area contributed by atoms with Crippen molar-refractivity contribution in [2.45, 2.75) is 65.8 Å². The van der Waals surface area contributed by atoms with E-state index in [1.165, 1.54) is 23.6 Å². The van der Waals surface area contributed by atoms with Crippen LogP contribution >= 0.6 is 0 Å². The molecule has 0 saturated carbocycles. The lowest BCUT2D eigenvalue weighted by Gasteiger charge is -2.24. The van der Waals surface area contributed by atoms with Crippen LogP contribution in [0.25, 0.3) is 0 Å². The van der Waals surface area contributed by atoms with Crippen molar-refractivity contribution in [2.24, 2.45) is 16.1 Å². The van der Waals surface area contributed by atoms with Crippen LogP contribution in [0.1, 0.15) is 63.5 Å². The molecule has 0 spiro atoms. The van der Waals surface area contributed by atoms with Crippen LogP contribution in [0.5, 0.6) is 5.88 Å². The first kappa shape index (κ1) is 36.8. The molecular weight excluding hydrogens is 602 g/mol. The fourth-order valence-corrected chi connectivity index (χ4v) is 6.11. The summed E-state index contributed by atoms with van der Waals surface area (Å²) in [5.41, 5.74) is -0.115. The number of carbonyl (C=O) groups excluding carboxylic acids is 2. The highest BCUT2D eigenvalue weighted by Gasteiger charge is 2.28. The molecule has 0 bridgehead atoms. The van der Waals surface area contributed by atoms with E-state index in [9.17, 15) is 33.2 Å². The minimum Gasteiger partial charge on any atom is -0.493 e. The lowest BCUT2D eigenvalue weighted by Crippen LogP contribution is -2.38. The zero-order chi connectivity index (χ0) is 33.6. The smallest absolute Gasteiger partial charge is 0.330 e. The second kappa shape index (κ2) is 17.8. The fourth-order valence-electron chi connectivity index (χ4n) is 4.55. The Kier molecular flexibility index (Phi) is 14.6. The number of nitrogens with zero attached hydrogens (tertiary/aromatic N) is 5. The molecule has 0 radical (unpaired) electrons. The number of aromatic hydroxyl groups is 1. The van der Waals surface area contributed by atoms with Gasteiger partial charge in [0, 0.05) is 37.3 Å². The minimum absolute atomic E-state index is 0.00545. The predicted molar refractivity (Wildman–Crippen MR) is 168 cm³/mol. The van der Waals surface area contributed by atoms with Crippen molar-refractivity contribution < 1.29 is 32.6 Å². The number of carbonyl (C=O) groups is 2. The number of unbranched alkanes of at least 4 members (excludes halogenated alkanes) is 1. The molecule has 0 fully saturated rings. The Morgan fingerprint density at radius 2 is 1.76 bits per heavy atom. The molecule has 0 aliphatic heterocycles. The zero-order valence-corrected chi connectivity index (χ0v) is 26.8. The van der Waals surface area contributed by atoms with Gasteiger partial charge in [-0.15, -0.1) is 5.11 Å². The van der Waals surface area contributed by atoms with E-state index in [1.54, 1.807) is 0 Å².